The molecule has 2 aromatic carbocycles. The van der Waals surface area contributed by atoms with Crippen LogP contribution in [0.1, 0.15) is 133 Å². The number of hydrogen-bond acceptors (Lipinski definition) is 12. The molecule has 8 rings (SSSR count). The van der Waals surface area contributed by atoms with Gasteiger partial charge in [0.15, 0.2) is 17.3 Å². The number of aromatic carboxylic acids is 1. The van der Waals surface area contributed by atoms with Crippen LogP contribution in [-0.2, 0) is 23.9 Å². The largest absolute Gasteiger partial charge is 0.490 e. The normalized spacial score (nSPS) is 23.7. The van der Waals surface area contributed by atoms with Crippen LogP contribution in [0.2, 0.25) is 0 Å². The Bertz CT molecular complexity index is 2790. The third-order valence-electron chi connectivity index (χ3n) is 13.7. The summed E-state index contributed by atoms with van der Waals surface area (Å²) in [5, 5.41) is 16.9. The van der Waals surface area contributed by atoms with Crippen molar-refractivity contribution in [2.24, 2.45) is 29.6 Å². The molecule has 8 atom stereocenters. The van der Waals surface area contributed by atoms with E-state index in [0.29, 0.717) is 80.0 Å². The van der Waals surface area contributed by atoms with E-state index < -0.39 is 22.5 Å². The van der Waals surface area contributed by atoms with E-state index in [1.54, 1.807) is 18.2 Å². The minimum atomic E-state index is -1.12. The highest BCUT2D eigenvalue weighted by Gasteiger charge is 2.59. The predicted molar refractivity (Wildman–Crippen MR) is 290 cm³/mol. The first-order valence-electron chi connectivity index (χ1n) is 23.9. The highest BCUT2D eigenvalue weighted by Crippen LogP contribution is 2.47. The molecule has 2 amide bonds. The summed E-state index contributed by atoms with van der Waals surface area (Å²) in [6, 6.07) is 14.5. The van der Waals surface area contributed by atoms with Crippen molar-refractivity contribution in [2.45, 2.75) is 138 Å². The van der Waals surface area contributed by atoms with Crippen LogP contribution in [0.15, 0.2) is 86.5 Å². The third-order valence-corrected chi connectivity index (χ3v) is 13.8. The van der Waals surface area contributed by atoms with Gasteiger partial charge in [-0.3, -0.25) is 24.0 Å². The van der Waals surface area contributed by atoms with Crippen LogP contribution in [0.4, 0.5) is 4.79 Å². The zero-order valence-corrected chi connectivity index (χ0v) is 41.9. The van der Waals surface area contributed by atoms with Gasteiger partial charge in [-0.2, -0.15) is 0 Å². The second-order valence-electron chi connectivity index (χ2n) is 19.5. The molecule has 0 unspecified atom stereocenters. The van der Waals surface area contributed by atoms with Crippen LogP contribution >= 0.6 is 11.6 Å². The molecule has 0 spiro atoms. The number of ether oxygens (including phenoxy) is 3. The van der Waals surface area contributed by atoms with Crippen molar-refractivity contribution in [1.82, 2.24) is 20.6 Å². The minimum Gasteiger partial charge on any atom is -0.490 e. The van der Waals surface area contributed by atoms with Crippen molar-refractivity contribution < 1.29 is 52.9 Å². The number of nitrogens with one attached hydrogen (secondary N) is 2. The van der Waals surface area contributed by atoms with Gasteiger partial charge >= 0.3 is 11.4 Å². The van der Waals surface area contributed by atoms with E-state index in [2.05, 4.69) is 45.1 Å². The Labute approximate surface area is 440 Å². The molecule has 74 heavy (non-hydrogen) atoms. The standard InChI is InChI=1S/C26H28N2O4.C24H26N2O5.C5H9ClO2.3CH4/c1-5-18-14-26(18,16(4)29)28-25(31)17-8-9-19(12-17)32-24-13-22(23(30)6-2)27-21-11-15(3)7-10-20(21)24;1-4-16-12-24(16,14(3)27)26-22(28)15-6-7-17(10-15)31-21-11-20(23(29)30)25-19-9-13(2)5-8-18(19)21;1-4(2)3-8-5(6)7;;;/h5-7,10-11,13,17-19H,1-2,8-9,12,14H2,3-4H3,(H,28,31);4-5,8-9,11,15-17H,1,6-7,10,12H2,2-3H3,(H,26,28)(H,29,30);4H,3H2,1-2H3;3*1H4/t17-,18-,19-,26-;15-,16-,17-,24-;;;;/m00..../s1. The fraction of sp³-hybridized carbons (Fsp3) is 0.466. The average molecular weight is 1040 g/mol. The van der Waals surface area contributed by atoms with E-state index in [1.165, 1.54) is 26.0 Å². The smallest absolute Gasteiger partial charge is 0.403 e. The van der Waals surface area contributed by atoms with Gasteiger partial charge in [-0.1, -0.05) is 67.0 Å². The van der Waals surface area contributed by atoms with Gasteiger partial charge < -0.3 is 30.0 Å². The van der Waals surface area contributed by atoms with Crippen molar-refractivity contribution in [2.75, 3.05) is 6.61 Å². The molecule has 4 fully saturated rings. The number of allylic oxidation sites excluding steroid dienone is 1. The van der Waals surface area contributed by atoms with Gasteiger partial charge in [0.25, 0.3) is 0 Å². The number of Topliss-reactive ketones (excluding diaryl/α,β-unsaturated/α-hetero) is 2. The Kier molecular flexibility index (Phi) is 21.6. The molecule has 0 bridgehead atoms. The van der Waals surface area contributed by atoms with Crippen molar-refractivity contribution in [3.05, 3.63) is 109 Å². The Balaban J connectivity index is 0.000000329. The highest BCUT2D eigenvalue weighted by molar-refractivity contribution is 6.61. The number of halogens is 1. The number of carbonyl (C=O) groups excluding carboxylic acids is 6. The zero-order chi connectivity index (χ0) is 51.9. The van der Waals surface area contributed by atoms with Crippen LogP contribution in [0.3, 0.4) is 0 Å². The van der Waals surface area contributed by atoms with E-state index in [4.69, 9.17) is 21.1 Å². The molecule has 3 N–H and O–H groups in total. The quantitative estimate of drug-likeness (QED) is 0.0389. The van der Waals surface area contributed by atoms with Crippen molar-refractivity contribution in [3.63, 3.8) is 0 Å². The molecule has 4 saturated carbocycles. The monoisotopic (exact) mass is 1040 g/mol. The van der Waals surface area contributed by atoms with Crippen LogP contribution in [0, 0.1) is 43.4 Å². The number of aromatic nitrogens is 2. The van der Waals surface area contributed by atoms with Crippen molar-refractivity contribution >= 4 is 74.0 Å². The summed E-state index contributed by atoms with van der Waals surface area (Å²) in [6.45, 7) is 22.2. The molecule has 0 radical (unpaired) electrons. The maximum atomic E-state index is 12.9. The van der Waals surface area contributed by atoms with Gasteiger partial charge in [-0.05, 0) is 126 Å². The van der Waals surface area contributed by atoms with Gasteiger partial charge in [0, 0.05) is 58.2 Å². The van der Waals surface area contributed by atoms with E-state index in [1.807, 2.05) is 64.1 Å². The number of rotatable bonds is 17. The molecule has 15 nitrogen and oxygen atoms in total. The number of carbonyl (C=O) groups is 7. The third kappa shape index (κ3) is 14.5. The Morgan fingerprint density at radius 3 is 1.46 bits per heavy atom. The second-order valence-corrected chi connectivity index (χ2v) is 19.8. The molecule has 0 aliphatic heterocycles. The lowest BCUT2D eigenvalue weighted by Crippen LogP contribution is -2.46. The first-order chi connectivity index (χ1) is 33.6. The molecule has 400 valence electrons. The van der Waals surface area contributed by atoms with Gasteiger partial charge in [-0.15, -0.1) is 13.2 Å². The summed E-state index contributed by atoms with van der Waals surface area (Å²) in [4.78, 5) is 92.1. The fourth-order valence-corrected chi connectivity index (χ4v) is 9.44. The first kappa shape index (κ1) is 61.6. The molecular weight excluding hydrogens is 964 g/mol. The molecule has 4 aromatic rings. The number of pyridine rings is 2. The van der Waals surface area contributed by atoms with Crippen molar-refractivity contribution in [1.29, 1.82) is 0 Å². The summed E-state index contributed by atoms with van der Waals surface area (Å²) in [6.07, 6.45) is 9.33. The number of benzene rings is 2. The van der Waals surface area contributed by atoms with E-state index in [-0.39, 0.29) is 98.7 Å². The van der Waals surface area contributed by atoms with Crippen LogP contribution in [0.25, 0.3) is 21.8 Å². The topological polar surface area (TPSA) is 217 Å². The van der Waals surface area contributed by atoms with E-state index >= 15 is 0 Å². The van der Waals surface area contributed by atoms with Crippen LogP contribution in [0.5, 0.6) is 11.5 Å². The molecule has 4 aliphatic carbocycles. The first-order valence-corrected chi connectivity index (χ1v) is 24.3. The lowest BCUT2D eigenvalue weighted by molar-refractivity contribution is -0.130. The summed E-state index contributed by atoms with van der Waals surface area (Å²) in [5.41, 5.74) is 1.17. The minimum absolute atomic E-state index is 0. The number of ketones is 3. The van der Waals surface area contributed by atoms with Gasteiger partial charge in [0.1, 0.15) is 28.3 Å². The van der Waals surface area contributed by atoms with Gasteiger partial charge in [-0.25, -0.2) is 19.6 Å². The molecule has 0 saturated heterocycles. The van der Waals surface area contributed by atoms with Gasteiger partial charge in [0.2, 0.25) is 17.6 Å². The lowest BCUT2D eigenvalue weighted by atomic mass is 10.0. The summed E-state index contributed by atoms with van der Waals surface area (Å²) in [5.74, 6) is -0.760. The highest BCUT2D eigenvalue weighted by atomic mass is 35.5. The lowest BCUT2D eigenvalue weighted by Gasteiger charge is -2.19. The zero-order valence-electron chi connectivity index (χ0n) is 41.2. The number of hydrogen-bond donors (Lipinski definition) is 3. The SMILES string of the molecule is C.C.C.C=CC(=O)c1cc(O[C@H]2CC[C@H](C(=O)N[C@]3(C(C)=O)C[C@@H]3C=C)C2)c2ccc(C)cc2n1.C=C[C@H]1C[C@]1(NC(=O)[C@H]1CC[C@H](Oc2cc(C(=O)O)nc3cc(C)ccc23)C1)C(C)=O.CC(C)COC(=O)Cl. The van der Waals surface area contributed by atoms with Gasteiger partial charge in [0.05, 0.1) is 29.8 Å². The number of carboxylic acids is 1. The maximum Gasteiger partial charge on any atom is 0.403 e. The summed E-state index contributed by atoms with van der Waals surface area (Å²) >= 11 is 4.86. The number of nitrogens with zero attached hydrogens (tertiary/aromatic N) is 2. The number of fused-ring (bicyclic) bond motifs is 2. The Morgan fingerprint density at radius 1 is 0.703 bits per heavy atom. The second kappa shape index (κ2) is 26.0. The Hall–Kier alpha value is -6.74. The molecule has 2 aromatic heterocycles. The average Bonchev–Trinajstić information content (AvgIpc) is 4.07. The Morgan fingerprint density at radius 2 is 1.12 bits per heavy atom. The predicted octanol–water partition coefficient (Wildman–Crippen LogP) is 11.5. The van der Waals surface area contributed by atoms with Crippen molar-refractivity contribution in [3.8, 4) is 11.5 Å². The molecule has 4 aliphatic rings. The van der Waals surface area contributed by atoms with Crippen LogP contribution in [-0.4, -0.2) is 85.5 Å². The number of amides is 2. The van der Waals surface area contributed by atoms with Crippen LogP contribution < -0.4 is 20.1 Å². The molecule has 2 heterocycles. The summed E-state index contributed by atoms with van der Waals surface area (Å²) < 4.78 is 16.9. The summed E-state index contributed by atoms with van der Waals surface area (Å²) in [7, 11) is 0. The number of aryl methyl sites for hydroxylation is 2. The van der Waals surface area contributed by atoms with E-state index in [0.717, 1.165) is 28.3 Å². The molecule has 16 heteroatoms. The van der Waals surface area contributed by atoms with E-state index in [9.17, 15) is 38.7 Å². The maximum absolute atomic E-state index is 12.9. The fourth-order valence-electron chi connectivity index (χ4n) is 9.37. The number of carboxylic acid groups (broad SMARTS) is 1. The molecular formula is C58H75ClN4O11.